The van der Waals surface area contributed by atoms with Gasteiger partial charge in [-0.1, -0.05) is 48.5 Å². The summed E-state index contributed by atoms with van der Waals surface area (Å²) in [6.07, 6.45) is -13.5. The Labute approximate surface area is 436 Å². The number of hydrogen-bond acceptors (Lipinski definition) is 10. The summed E-state index contributed by atoms with van der Waals surface area (Å²) < 4.78 is 167. The molecule has 0 aliphatic heterocycles. The summed E-state index contributed by atoms with van der Waals surface area (Å²) in [5.41, 5.74) is 13.1. The van der Waals surface area contributed by atoms with E-state index >= 15 is 17.6 Å². The molecule has 0 bridgehead atoms. The van der Waals surface area contributed by atoms with Crippen LogP contribution in [0.25, 0.3) is 12.2 Å². The standard InChI is InChI=1S/C57H52F10N2O8/c58-54(59,60)31-1-33-72-47-25-13-43(14-26-47)56(64,65)76-49-21-7-39(8-22-49)11-29-51(70)74-37-53(35-41-3-17-45(68)18-4-41,36-42-5-19-46(69)20-6-42)38-75-52(71)30-12-40-9-23-50(24-10-40)77-57(66,67)44-15-27-48(28-16-44)73-34-2-32-55(61,62)63/h3-30H,1-2,31-38,68-69H2/b29-11+,30-12+. The zero-order chi connectivity index (χ0) is 55.7. The maximum absolute atomic E-state index is 15.1. The minimum atomic E-state index is -4.33. The SMILES string of the molecule is Nc1ccc(CC(COC(=O)/C=C/c2ccc(OC(F)(F)c3ccc(OCCCC(F)(F)F)cc3)cc2)(COC(=O)/C=C/c2ccc(OC(F)(F)c3ccc(OCCCC(F)(F)F)cc3)cc2)Cc2ccc(N)cc2)cc1. The minimum Gasteiger partial charge on any atom is -0.494 e. The summed E-state index contributed by atoms with van der Waals surface area (Å²) >= 11 is 0. The first-order chi connectivity index (χ1) is 36.4. The molecule has 0 saturated carbocycles. The second-order valence-electron chi connectivity index (χ2n) is 17.8. The third-order valence-electron chi connectivity index (χ3n) is 11.4. The molecule has 6 aromatic rings. The van der Waals surface area contributed by atoms with Crippen molar-refractivity contribution in [2.75, 3.05) is 37.9 Å². The van der Waals surface area contributed by atoms with Crippen molar-refractivity contribution in [3.8, 4) is 23.0 Å². The summed E-state index contributed by atoms with van der Waals surface area (Å²) in [6.45, 7) is -1.05. The molecular weight excluding hydrogens is 1030 g/mol. The molecule has 0 spiro atoms. The van der Waals surface area contributed by atoms with E-state index in [0.717, 1.165) is 47.5 Å². The van der Waals surface area contributed by atoms with Crippen LogP contribution >= 0.6 is 0 Å². The first-order valence-corrected chi connectivity index (χ1v) is 23.7. The molecule has 6 rings (SSSR count). The number of alkyl halides is 10. The van der Waals surface area contributed by atoms with Crippen molar-refractivity contribution in [3.05, 3.63) is 191 Å². The summed E-state index contributed by atoms with van der Waals surface area (Å²) in [6, 6.07) is 33.5. The number of benzene rings is 6. The van der Waals surface area contributed by atoms with Crippen LogP contribution in [-0.4, -0.2) is 50.7 Å². The topological polar surface area (TPSA) is 142 Å². The predicted octanol–water partition coefficient (Wildman–Crippen LogP) is 13.8. The number of nitrogen functional groups attached to an aromatic ring is 2. The number of anilines is 2. The van der Waals surface area contributed by atoms with Gasteiger partial charge in [-0.25, -0.2) is 9.59 Å². The number of hydrogen-bond donors (Lipinski definition) is 2. The van der Waals surface area contributed by atoms with Gasteiger partial charge in [0.25, 0.3) is 0 Å². The number of nitrogens with two attached hydrogens (primary N) is 2. The maximum Gasteiger partial charge on any atom is 0.426 e. The highest BCUT2D eigenvalue weighted by molar-refractivity contribution is 5.87. The molecule has 10 nitrogen and oxygen atoms in total. The second kappa shape index (κ2) is 26.1. The Hall–Kier alpha value is -8.16. The maximum atomic E-state index is 15.1. The van der Waals surface area contributed by atoms with Crippen molar-refractivity contribution >= 4 is 35.5 Å². The van der Waals surface area contributed by atoms with E-state index in [9.17, 15) is 35.9 Å². The largest absolute Gasteiger partial charge is 0.494 e. The van der Waals surface area contributed by atoms with Crippen molar-refractivity contribution in [2.45, 2.75) is 63.1 Å². The number of halogens is 10. The second-order valence-corrected chi connectivity index (χ2v) is 17.8. The van der Waals surface area contributed by atoms with Crippen LogP contribution in [0.5, 0.6) is 23.0 Å². The zero-order valence-electron chi connectivity index (χ0n) is 40.9. The van der Waals surface area contributed by atoms with Crippen LogP contribution in [0.15, 0.2) is 158 Å². The van der Waals surface area contributed by atoms with Crippen LogP contribution in [0, 0.1) is 5.41 Å². The van der Waals surface area contributed by atoms with E-state index in [-0.39, 0.29) is 75.1 Å². The molecule has 4 N–H and O–H groups in total. The van der Waals surface area contributed by atoms with E-state index in [4.69, 9.17) is 39.9 Å². The lowest BCUT2D eigenvalue weighted by atomic mass is 9.77. The molecule has 0 amide bonds. The van der Waals surface area contributed by atoms with Crippen molar-refractivity contribution in [1.29, 1.82) is 0 Å². The summed E-state index contributed by atoms with van der Waals surface area (Å²) in [5, 5.41) is 0. The lowest BCUT2D eigenvalue weighted by Gasteiger charge is -2.33. The van der Waals surface area contributed by atoms with Gasteiger partial charge in [0.1, 0.15) is 36.2 Å². The highest BCUT2D eigenvalue weighted by Crippen LogP contribution is 2.36. The van der Waals surface area contributed by atoms with Gasteiger partial charge in [0.05, 0.1) is 24.3 Å². The molecule has 0 radical (unpaired) electrons. The lowest BCUT2D eigenvalue weighted by molar-refractivity contribution is -0.186. The Kier molecular flexibility index (Phi) is 19.7. The van der Waals surface area contributed by atoms with Gasteiger partial charge in [0.15, 0.2) is 0 Å². The van der Waals surface area contributed by atoms with Crippen LogP contribution in [0.4, 0.5) is 55.3 Å². The van der Waals surface area contributed by atoms with Crippen LogP contribution in [0.1, 0.15) is 59.1 Å². The van der Waals surface area contributed by atoms with Gasteiger partial charge in [0, 0.05) is 41.8 Å². The monoisotopic (exact) mass is 1080 g/mol. The van der Waals surface area contributed by atoms with E-state index in [0.29, 0.717) is 22.5 Å². The fourth-order valence-corrected chi connectivity index (χ4v) is 7.44. The van der Waals surface area contributed by atoms with Crippen molar-refractivity contribution in [3.63, 3.8) is 0 Å². The molecule has 77 heavy (non-hydrogen) atoms. The first kappa shape index (κ1) is 58.1. The van der Waals surface area contributed by atoms with Crippen molar-refractivity contribution in [1.82, 2.24) is 0 Å². The molecule has 0 heterocycles. The summed E-state index contributed by atoms with van der Waals surface area (Å²) in [4.78, 5) is 26.7. The fraction of sp³-hybridized carbons (Fsp3) is 0.263. The molecule has 408 valence electrons. The molecule has 0 aliphatic carbocycles. The van der Waals surface area contributed by atoms with Gasteiger partial charge in [0.2, 0.25) is 0 Å². The molecule has 0 unspecified atom stereocenters. The average molecular weight is 1080 g/mol. The Balaban J connectivity index is 1.08. The summed E-state index contributed by atoms with van der Waals surface area (Å²) in [7, 11) is 0. The quantitative estimate of drug-likeness (QED) is 0.0177. The van der Waals surface area contributed by atoms with Crippen molar-refractivity contribution < 1.29 is 81.9 Å². The van der Waals surface area contributed by atoms with Crippen LogP contribution in [0.3, 0.4) is 0 Å². The van der Waals surface area contributed by atoms with Crippen LogP contribution in [-0.2, 0) is 44.1 Å². The molecular formula is C57H52F10N2O8. The van der Waals surface area contributed by atoms with Crippen LogP contribution < -0.4 is 30.4 Å². The number of ether oxygens (including phenoxy) is 6. The normalized spacial score (nSPS) is 12.4. The molecule has 6 aromatic carbocycles. The third-order valence-corrected chi connectivity index (χ3v) is 11.4. The molecule has 0 aromatic heterocycles. The van der Waals surface area contributed by atoms with E-state index < -0.39 is 65.9 Å². The van der Waals surface area contributed by atoms with E-state index in [1.165, 1.54) is 84.9 Å². The highest BCUT2D eigenvalue weighted by atomic mass is 19.4. The van der Waals surface area contributed by atoms with Gasteiger partial charge in [-0.3, -0.25) is 0 Å². The molecule has 0 aliphatic rings. The lowest BCUT2D eigenvalue weighted by Crippen LogP contribution is -2.38. The van der Waals surface area contributed by atoms with Crippen LogP contribution in [0.2, 0.25) is 0 Å². The molecule has 20 heteroatoms. The summed E-state index contributed by atoms with van der Waals surface area (Å²) in [5.74, 6) is -1.78. The Morgan fingerprint density at radius 1 is 0.429 bits per heavy atom. The molecule has 0 saturated heterocycles. The minimum absolute atomic E-state index is 0.110. The highest BCUT2D eigenvalue weighted by Gasteiger charge is 2.37. The fourth-order valence-electron chi connectivity index (χ4n) is 7.44. The third kappa shape index (κ3) is 19.8. The number of esters is 2. The number of carbonyl (C=O) groups is 2. The number of rotatable bonds is 26. The molecule has 0 fully saturated rings. The smallest absolute Gasteiger partial charge is 0.426 e. The van der Waals surface area contributed by atoms with Crippen molar-refractivity contribution in [2.24, 2.45) is 5.41 Å². The average Bonchev–Trinajstić information content (AvgIpc) is 3.38. The Morgan fingerprint density at radius 2 is 0.753 bits per heavy atom. The van der Waals surface area contributed by atoms with Gasteiger partial charge in [-0.2, -0.15) is 43.9 Å². The number of carbonyl (C=O) groups excluding carboxylic acids is 2. The van der Waals surface area contributed by atoms with E-state index in [1.54, 1.807) is 48.5 Å². The van der Waals surface area contributed by atoms with E-state index in [1.807, 2.05) is 0 Å². The first-order valence-electron chi connectivity index (χ1n) is 23.7. The zero-order valence-corrected chi connectivity index (χ0v) is 40.9. The van der Waals surface area contributed by atoms with Gasteiger partial charge in [-0.05, 0) is 157 Å². The van der Waals surface area contributed by atoms with E-state index in [2.05, 4.69) is 0 Å². The van der Waals surface area contributed by atoms with Gasteiger partial charge >= 0.3 is 36.5 Å². The molecule has 0 atom stereocenters. The predicted molar refractivity (Wildman–Crippen MR) is 268 cm³/mol. The Bertz CT molecular complexity index is 2680. The van der Waals surface area contributed by atoms with Gasteiger partial charge < -0.3 is 39.9 Å². The Morgan fingerprint density at radius 3 is 1.08 bits per heavy atom. The van der Waals surface area contributed by atoms with Gasteiger partial charge in [-0.15, -0.1) is 0 Å².